The molecule has 0 aliphatic carbocycles. The summed E-state index contributed by atoms with van der Waals surface area (Å²) in [6.07, 6.45) is 1.39. The fraction of sp³-hybridized carbons (Fsp3) is 0.111. The molecule has 0 spiro atoms. The van der Waals surface area contributed by atoms with Crippen molar-refractivity contribution in [1.82, 2.24) is 20.2 Å². The van der Waals surface area contributed by atoms with Crippen molar-refractivity contribution in [3.05, 3.63) is 59.1 Å². The summed E-state index contributed by atoms with van der Waals surface area (Å²) >= 11 is 7.15. The molecule has 1 amide bonds. The monoisotopic (exact) mass is 401 g/mol. The SMILES string of the molecule is Cn1c(SCC(=O)NN=Cc2ccccc2O)nnc1-c1ccc(Cl)cc1. The Balaban J connectivity index is 1.56. The fourth-order valence-corrected chi connectivity index (χ4v) is 3.05. The lowest BCUT2D eigenvalue weighted by Gasteiger charge is -2.04. The molecule has 0 bridgehead atoms. The third kappa shape index (κ3) is 4.87. The third-order valence-corrected chi connectivity index (χ3v) is 4.87. The van der Waals surface area contributed by atoms with Crippen molar-refractivity contribution >= 4 is 35.5 Å². The Labute approximate surface area is 165 Å². The molecule has 0 saturated carbocycles. The number of carbonyl (C=O) groups is 1. The number of hydrogen-bond donors (Lipinski definition) is 2. The van der Waals surface area contributed by atoms with Gasteiger partial charge >= 0.3 is 0 Å². The van der Waals surface area contributed by atoms with Crippen molar-refractivity contribution in [3.8, 4) is 17.1 Å². The molecule has 0 radical (unpaired) electrons. The van der Waals surface area contributed by atoms with Gasteiger partial charge in [0.2, 0.25) is 0 Å². The number of amides is 1. The molecular weight excluding hydrogens is 386 g/mol. The lowest BCUT2D eigenvalue weighted by atomic mass is 10.2. The molecule has 0 saturated heterocycles. The molecule has 0 aliphatic rings. The molecule has 27 heavy (non-hydrogen) atoms. The number of phenolic OH excluding ortho intramolecular Hbond substituents is 1. The van der Waals surface area contributed by atoms with Gasteiger partial charge in [0.15, 0.2) is 11.0 Å². The number of nitrogens with one attached hydrogen (secondary N) is 1. The normalized spacial score (nSPS) is 11.0. The quantitative estimate of drug-likeness (QED) is 0.376. The number of aromatic nitrogens is 3. The van der Waals surface area contributed by atoms with Crippen molar-refractivity contribution in [2.75, 3.05) is 5.75 Å². The molecule has 3 rings (SSSR count). The molecule has 0 aliphatic heterocycles. The number of benzene rings is 2. The second-order valence-corrected chi connectivity index (χ2v) is 6.89. The molecule has 9 heteroatoms. The zero-order valence-electron chi connectivity index (χ0n) is 14.3. The number of hydrogen-bond acceptors (Lipinski definition) is 6. The molecule has 138 valence electrons. The molecule has 2 N–H and O–H groups in total. The molecule has 7 nitrogen and oxygen atoms in total. The number of thioether (sulfide) groups is 1. The van der Waals surface area contributed by atoms with E-state index in [1.54, 1.807) is 36.4 Å². The lowest BCUT2D eigenvalue weighted by Crippen LogP contribution is -2.19. The van der Waals surface area contributed by atoms with E-state index < -0.39 is 0 Å². The van der Waals surface area contributed by atoms with Gasteiger partial charge in [0.25, 0.3) is 5.91 Å². The van der Waals surface area contributed by atoms with E-state index in [4.69, 9.17) is 11.6 Å². The molecule has 0 unspecified atom stereocenters. The second-order valence-electron chi connectivity index (χ2n) is 5.51. The van der Waals surface area contributed by atoms with Crippen LogP contribution in [0.1, 0.15) is 5.56 Å². The number of aromatic hydroxyl groups is 1. The molecule has 0 fully saturated rings. The van der Waals surface area contributed by atoms with E-state index in [0.29, 0.717) is 21.6 Å². The van der Waals surface area contributed by atoms with Crippen LogP contribution in [0.2, 0.25) is 5.02 Å². The number of phenols is 1. The molecule has 1 heterocycles. The first-order chi connectivity index (χ1) is 13.0. The minimum atomic E-state index is -0.289. The lowest BCUT2D eigenvalue weighted by molar-refractivity contribution is -0.118. The van der Waals surface area contributed by atoms with Crippen LogP contribution < -0.4 is 5.43 Å². The standard InChI is InChI=1S/C18H16ClN5O2S/c1-24-17(12-6-8-14(19)9-7-12)22-23-18(24)27-11-16(26)21-20-10-13-4-2-3-5-15(13)25/h2-10,25H,11H2,1H3,(H,21,26). The number of halogens is 1. The van der Waals surface area contributed by atoms with E-state index in [-0.39, 0.29) is 17.4 Å². The van der Waals surface area contributed by atoms with Crippen LogP contribution in [0, 0.1) is 0 Å². The summed E-state index contributed by atoms with van der Waals surface area (Å²) in [5.74, 6) is 0.624. The largest absolute Gasteiger partial charge is 0.507 e. The highest BCUT2D eigenvalue weighted by molar-refractivity contribution is 7.99. The second kappa shape index (κ2) is 8.70. The van der Waals surface area contributed by atoms with E-state index in [1.165, 1.54) is 18.0 Å². The zero-order valence-corrected chi connectivity index (χ0v) is 15.9. The molecule has 2 aromatic carbocycles. The van der Waals surface area contributed by atoms with Gasteiger partial charge in [0, 0.05) is 23.2 Å². The van der Waals surface area contributed by atoms with Gasteiger partial charge in [-0.05, 0) is 36.4 Å². The Morgan fingerprint density at radius 1 is 1.26 bits per heavy atom. The van der Waals surface area contributed by atoms with Crippen LogP contribution in [0.5, 0.6) is 5.75 Å². The number of rotatable bonds is 6. The van der Waals surface area contributed by atoms with Gasteiger partial charge in [-0.25, -0.2) is 5.43 Å². The fourth-order valence-electron chi connectivity index (χ4n) is 2.22. The Hall–Kier alpha value is -2.84. The smallest absolute Gasteiger partial charge is 0.250 e. The summed E-state index contributed by atoms with van der Waals surface area (Å²) in [5, 5.41) is 23.0. The maximum absolute atomic E-state index is 11.9. The predicted molar refractivity (Wildman–Crippen MR) is 106 cm³/mol. The van der Waals surface area contributed by atoms with Crippen LogP contribution in [0.4, 0.5) is 0 Å². The van der Waals surface area contributed by atoms with Crippen molar-refractivity contribution in [3.63, 3.8) is 0 Å². The highest BCUT2D eigenvalue weighted by Crippen LogP contribution is 2.23. The number of para-hydroxylation sites is 1. The van der Waals surface area contributed by atoms with Gasteiger partial charge in [-0.15, -0.1) is 10.2 Å². The van der Waals surface area contributed by atoms with E-state index >= 15 is 0 Å². The minimum absolute atomic E-state index is 0.0960. The average molecular weight is 402 g/mol. The van der Waals surface area contributed by atoms with Gasteiger partial charge < -0.3 is 9.67 Å². The number of carbonyl (C=O) groups excluding carboxylic acids is 1. The number of hydrazone groups is 1. The highest BCUT2D eigenvalue weighted by atomic mass is 35.5. The van der Waals surface area contributed by atoms with Crippen LogP contribution in [0.25, 0.3) is 11.4 Å². The van der Waals surface area contributed by atoms with E-state index in [2.05, 4.69) is 20.7 Å². The van der Waals surface area contributed by atoms with Crippen LogP contribution in [0.15, 0.2) is 58.8 Å². The van der Waals surface area contributed by atoms with Crippen LogP contribution >= 0.6 is 23.4 Å². The maximum atomic E-state index is 11.9. The minimum Gasteiger partial charge on any atom is -0.507 e. The summed E-state index contributed by atoms with van der Waals surface area (Å²) in [4.78, 5) is 11.9. The van der Waals surface area contributed by atoms with Gasteiger partial charge in [0.05, 0.1) is 12.0 Å². The predicted octanol–water partition coefficient (Wildman–Crippen LogP) is 3.08. The topological polar surface area (TPSA) is 92.4 Å². The molecule has 0 atom stereocenters. The van der Waals surface area contributed by atoms with Crippen molar-refractivity contribution in [2.24, 2.45) is 12.1 Å². The Bertz CT molecular complexity index is 972. The van der Waals surface area contributed by atoms with Crippen molar-refractivity contribution in [2.45, 2.75) is 5.16 Å². The maximum Gasteiger partial charge on any atom is 0.250 e. The first-order valence-electron chi connectivity index (χ1n) is 7.92. The van der Waals surface area contributed by atoms with E-state index in [1.807, 2.05) is 23.7 Å². The summed E-state index contributed by atoms with van der Waals surface area (Å²) in [6.45, 7) is 0. The zero-order chi connectivity index (χ0) is 19.2. The molecule has 1 aromatic heterocycles. The van der Waals surface area contributed by atoms with Crippen LogP contribution in [-0.4, -0.2) is 37.7 Å². The third-order valence-electron chi connectivity index (χ3n) is 3.60. The van der Waals surface area contributed by atoms with Crippen LogP contribution in [-0.2, 0) is 11.8 Å². The first-order valence-corrected chi connectivity index (χ1v) is 9.29. The summed E-state index contributed by atoms with van der Waals surface area (Å²) in [7, 11) is 1.83. The Morgan fingerprint density at radius 2 is 2.00 bits per heavy atom. The molecular formula is C18H16ClN5O2S. The highest BCUT2D eigenvalue weighted by Gasteiger charge is 2.12. The first kappa shape index (κ1) is 18.9. The van der Waals surface area contributed by atoms with Crippen molar-refractivity contribution in [1.29, 1.82) is 0 Å². The number of nitrogens with zero attached hydrogens (tertiary/aromatic N) is 4. The Kier molecular flexibility index (Phi) is 6.10. The van der Waals surface area contributed by atoms with Crippen LogP contribution in [0.3, 0.4) is 0 Å². The summed E-state index contributed by atoms with van der Waals surface area (Å²) in [6, 6.07) is 14.0. The summed E-state index contributed by atoms with van der Waals surface area (Å²) < 4.78 is 1.81. The van der Waals surface area contributed by atoms with Crippen molar-refractivity contribution < 1.29 is 9.90 Å². The van der Waals surface area contributed by atoms with Gasteiger partial charge in [-0.1, -0.05) is 35.5 Å². The van der Waals surface area contributed by atoms with Gasteiger partial charge in [-0.2, -0.15) is 5.10 Å². The average Bonchev–Trinajstić information content (AvgIpc) is 3.03. The Morgan fingerprint density at radius 3 is 2.74 bits per heavy atom. The summed E-state index contributed by atoms with van der Waals surface area (Å²) in [5.41, 5.74) is 3.83. The van der Waals surface area contributed by atoms with E-state index in [9.17, 15) is 9.90 Å². The van der Waals surface area contributed by atoms with E-state index in [0.717, 1.165) is 5.56 Å². The van der Waals surface area contributed by atoms with Gasteiger partial charge in [0.1, 0.15) is 5.75 Å². The van der Waals surface area contributed by atoms with Gasteiger partial charge in [-0.3, -0.25) is 4.79 Å². The molecule has 3 aromatic rings.